The number of amides is 2. The maximum absolute atomic E-state index is 11.9. The van der Waals surface area contributed by atoms with Crippen LogP contribution >= 0.6 is 11.6 Å². The number of halogens is 1. The van der Waals surface area contributed by atoms with Gasteiger partial charge in [0.05, 0.1) is 10.7 Å². The average molecular weight is 285 g/mol. The SMILES string of the molecule is Cc1cccc(NC(=O)NC(CCO)C(C)C)c1Cl. The van der Waals surface area contributed by atoms with Crippen molar-refractivity contribution in [1.29, 1.82) is 0 Å². The van der Waals surface area contributed by atoms with E-state index < -0.39 is 0 Å². The summed E-state index contributed by atoms with van der Waals surface area (Å²) in [6.07, 6.45) is 0.534. The number of aliphatic hydroxyl groups excluding tert-OH is 1. The van der Waals surface area contributed by atoms with Gasteiger partial charge in [-0.1, -0.05) is 37.6 Å². The molecule has 0 aliphatic carbocycles. The molecule has 1 aromatic carbocycles. The van der Waals surface area contributed by atoms with Crippen molar-refractivity contribution >= 4 is 23.3 Å². The zero-order valence-corrected chi connectivity index (χ0v) is 12.3. The van der Waals surface area contributed by atoms with Crippen molar-refractivity contribution in [3.8, 4) is 0 Å². The van der Waals surface area contributed by atoms with Gasteiger partial charge in [-0.3, -0.25) is 0 Å². The number of carbonyl (C=O) groups is 1. The molecule has 0 aromatic heterocycles. The first-order valence-electron chi connectivity index (χ1n) is 6.39. The molecule has 1 aromatic rings. The standard InChI is InChI=1S/C14H21ClN2O2/c1-9(2)11(7-8-18)16-14(19)17-12-6-4-5-10(3)13(12)15/h4-6,9,11,18H,7-8H2,1-3H3,(H2,16,17,19). The van der Waals surface area contributed by atoms with Crippen LogP contribution < -0.4 is 10.6 Å². The maximum Gasteiger partial charge on any atom is 0.319 e. The van der Waals surface area contributed by atoms with Crippen LogP contribution in [0.5, 0.6) is 0 Å². The molecule has 0 radical (unpaired) electrons. The second kappa shape index (κ2) is 7.36. The highest BCUT2D eigenvalue weighted by Gasteiger charge is 2.16. The van der Waals surface area contributed by atoms with Gasteiger partial charge in [0.1, 0.15) is 0 Å². The topological polar surface area (TPSA) is 61.4 Å². The maximum atomic E-state index is 11.9. The number of aliphatic hydroxyl groups is 1. The van der Waals surface area contributed by atoms with Gasteiger partial charge < -0.3 is 15.7 Å². The second-order valence-electron chi connectivity index (χ2n) is 4.90. The predicted molar refractivity (Wildman–Crippen MR) is 78.7 cm³/mol. The molecule has 5 heteroatoms. The third kappa shape index (κ3) is 4.73. The number of anilines is 1. The first kappa shape index (κ1) is 15.8. The van der Waals surface area contributed by atoms with Crippen molar-refractivity contribution in [2.24, 2.45) is 5.92 Å². The summed E-state index contributed by atoms with van der Waals surface area (Å²) in [5, 5.41) is 15.1. The minimum Gasteiger partial charge on any atom is -0.396 e. The Morgan fingerprint density at radius 2 is 2.11 bits per heavy atom. The van der Waals surface area contributed by atoms with Crippen LogP contribution in [0.2, 0.25) is 5.02 Å². The van der Waals surface area contributed by atoms with E-state index in [1.54, 1.807) is 6.07 Å². The molecule has 0 spiro atoms. The summed E-state index contributed by atoms with van der Waals surface area (Å²) in [7, 11) is 0. The average Bonchev–Trinajstić information content (AvgIpc) is 2.34. The number of hydrogen-bond donors (Lipinski definition) is 3. The molecule has 0 saturated heterocycles. The van der Waals surface area contributed by atoms with E-state index in [2.05, 4.69) is 10.6 Å². The van der Waals surface area contributed by atoms with Crippen molar-refractivity contribution in [3.05, 3.63) is 28.8 Å². The number of urea groups is 1. The van der Waals surface area contributed by atoms with Gasteiger partial charge in [0.25, 0.3) is 0 Å². The zero-order valence-electron chi connectivity index (χ0n) is 11.5. The monoisotopic (exact) mass is 284 g/mol. The van der Waals surface area contributed by atoms with Crippen LogP contribution in [0.4, 0.5) is 10.5 Å². The highest BCUT2D eigenvalue weighted by atomic mass is 35.5. The summed E-state index contributed by atoms with van der Waals surface area (Å²) in [5.74, 6) is 0.255. The lowest BCUT2D eigenvalue weighted by molar-refractivity contribution is 0.227. The molecule has 1 atom stereocenters. The van der Waals surface area contributed by atoms with Crippen LogP contribution in [-0.4, -0.2) is 23.8 Å². The Bertz CT molecular complexity index is 435. The fourth-order valence-corrected chi connectivity index (χ4v) is 1.96. The number of benzene rings is 1. The van der Waals surface area contributed by atoms with E-state index in [0.717, 1.165) is 5.56 Å². The van der Waals surface area contributed by atoms with Crippen LogP contribution in [0, 0.1) is 12.8 Å². The van der Waals surface area contributed by atoms with E-state index >= 15 is 0 Å². The highest BCUT2D eigenvalue weighted by molar-refractivity contribution is 6.34. The predicted octanol–water partition coefficient (Wildman–Crippen LogP) is 3.18. The summed E-state index contributed by atoms with van der Waals surface area (Å²) in [4.78, 5) is 11.9. The Morgan fingerprint density at radius 1 is 1.42 bits per heavy atom. The van der Waals surface area contributed by atoms with Gasteiger partial charge in [-0.25, -0.2) is 4.79 Å². The third-order valence-electron chi connectivity index (χ3n) is 3.00. The highest BCUT2D eigenvalue weighted by Crippen LogP contribution is 2.24. The lowest BCUT2D eigenvalue weighted by Gasteiger charge is -2.22. The van der Waals surface area contributed by atoms with Gasteiger partial charge in [0.15, 0.2) is 0 Å². The molecule has 0 fully saturated rings. The molecular formula is C14H21ClN2O2. The number of carbonyl (C=O) groups excluding carboxylic acids is 1. The molecule has 4 nitrogen and oxygen atoms in total. The van der Waals surface area contributed by atoms with Crippen molar-refractivity contribution in [3.63, 3.8) is 0 Å². The number of nitrogens with one attached hydrogen (secondary N) is 2. The molecule has 0 saturated carbocycles. The molecule has 1 rings (SSSR count). The molecule has 0 heterocycles. The molecular weight excluding hydrogens is 264 g/mol. The molecule has 2 amide bonds. The number of rotatable bonds is 5. The quantitative estimate of drug-likeness (QED) is 0.778. The fraction of sp³-hybridized carbons (Fsp3) is 0.500. The van der Waals surface area contributed by atoms with Crippen LogP contribution in [0.25, 0.3) is 0 Å². The lowest BCUT2D eigenvalue weighted by Crippen LogP contribution is -2.41. The Kier molecular flexibility index (Phi) is 6.12. The van der Waals surface area contributed by atoms with Crippen LogP contribution in [-0.2, 0) is 0 Å². The molecule has 3 N–H and O–H groups in total. The van der Waals surface area contributed by atoms with Crippen LogP contribution in [0.3, 0.4) is 0 Å². The molecule has 0 aliphatic heterocycles. The van der Waals surface area contributed by atoms with Gasteiger partial charge in [-0.05, 0) is 30.9 Å². The fourth-order valence-electron chi connectivity index (χ4n) is 1.78. The third-order valence-corrected chi connectivity index (χ3v) is 3.50. The van der Waals surface area contributed by atoms with E-state index in [1.165, 1.54) is 0 Å². The van der Waals surface area contributed by atoms with E-state index in [1.807, 2.05) is 32.9 Å². The first-order chi connectivity index (χ1) is 8.95. The second-order valence-corrected chi connectivity index (χ2v) is 5.28. The molecule has 106 valence electrons. The van der Waals surface area contributed by atoms with Crippen molar-refractivity contribution < 1.29 is 9.90 Å². The van der Waals surface area contributed by atoms with Crippen LogP contribution in [0.1, 0.15) is 25.8 Å². The lowest BCUT2D eigenvalue weighted by atomic mass is 10.0. The Balaban J connectivity index is 2.66. The zero-order chi connectivity index (χ0) is 14.4. The van der Waals surface area contributed by atoms with Crippen LogP contribution in [0.15, 0.2) is 18.2 Å². The van der Waals surface area contributed by atoms with E-state index in [4.69, 9.17) is 16.7 Å². The Morgan fingerprint density at radius 3 is 2.68 bits per heavy atom. The summed E-state index contributed by atoms with van der Waals surface area (Å²) < 4.78 is 0. The summed E-state index contributed by atoms with van der Waals surface area (Å²) in [6.45, 7) is 5.93. The van der Waals surface area contributed by atoms with E-state index in [-0.39, 0.29) is 24.6 Å². The van der Waals surface area contributed by atoms with Crippen molar-refractivity contribution in [2.45, 2.75) is 33.2 Å². The Hall–Kier alpha value is -1.26. The van der Waals surface area contributed by atoms with Gasteiger partial charge in [-0.15, -0.1) is 0 Å². The van der Waals surface area contributed by atoms with Gasteiger partial charge in [-0.2, -0.15) is 0 Å². The minimum atomic E-state index is -0.306. The molecule has 0 bridgehead atoms. The van der Waals surface area contributed by atoms with E-state index in [0.29, 0.717) is 17.1 Å². The summed E-state index contributed by atoms with van der Waals surface area (Å²) in [5.41, 5.74) is 1.50. The minimum absolute atomic E-state index is 0.0499. The summed E-state index contributed by atoms with van der Waals surface area (Å²) >= 11 is 6.12. The number of hydrogen-bond acceptors (Lipinski definition) is 2. The number of aryl methyl sites for hydroxylation is 1. The molecule has 1 unspecified atom stereocenters. The Labute approximate surface area is 119 Å². The molecule has 19 heavy (non-hydrogen) atoms. The van der Waals surface area contributed by atoms with Crippen molar-refractivity contribution in [2.75, 3.05) is 11.9 Å². The van der Waals surface area contributed by atoms with Gasteiger partial charge >= 0.3 is 6.03 Å². The van der Waals surface area contributed by atoms with Crippen molar-refractivity contribution in [1.82, 2.24) is 5.32 Å². The van der Waals surface area contributed by atoms with Gasteiger partial charge in [0, 0.05) is 12.6 Å². The van der Waals surface area contributed by atoms with E-state index in [9.17, 15) is 4.79 Å². The first-order valence-corrected chi connectivity index (χ1v) is 6.77. The smallest absolute Gasteiger partial charge is 0.319 e. The largest absolute Gasteiger partial charge is 0.396 e. The van der Waals surface area contributed by atoms with Gasteiger partial charge in [0.2, 0.25) is 0 Å². The summed E-state index contributed by atoms with van der Waals surface area (Å²) in [6, 6.07) is 5.11. The normalized spacial score (nSPS) is 12.3. The molecule has 0 aliphatic rings.